The van der Waals surface area contributed by atoms with Gasteiger partial charge in [-0.15, -0.1) is 0 Å². The average Bonchev–Trinajstić information content (AvgIpc) is 2.56. The minimum atomic E-state index is -2.29. The van der Waals surface area contributed by atoms with E-state index in [1.165, 1.54) is 0 Å². The predicted molar refractivity (Wildman–Crippen MR) is 101 cm³/mol. The lowest BCUT2D eigenvalue weighted by Crippen LogP contribution is -2.63. The molecule has 0 aromatic carbocycles. The molecule has 0 spiro atoms. The van der Waals surface area contributed by atoms with Gasteiger partial charge in [-0.3, -0.25) is 24.6 Å². The quantitative estimate of drug-likeness (QED) is 0.190. The van der Waals surface area contributed by atoms with E-state index in [-0.39, 0.29) is 0 Å². The molecule has 0 aliphatic carbocycles. The number of rotatable bonds is 6. The summed E-state index contributed by atoms with van der Waals surface area (Å²) in [6, 6.07) is 0. The highest BCUT2D eigenvalue weighted by molar-refractivity contribution is 6.76. The van der Waals surface area contributed by atoms with Gasteiger partial charge in [0.05, 0.1) is 0 Å². The van der Waals surface area contributed by atoms with E-state index < -0.39 is 70.9 Å². The number of ether oxygens (including phenoxy) is 6. The molecule has 1 aliphatic rings. The first kappa shape index (κ1) is 26.2. The van der Waals surface area contributed by atoms with Crippen molar-refractivity contribution in [3.63, 3.8) is 0 Å². The van der Waals surface area contributed by atoms with E-state index in [4.69, 9.17) is 68.6 Å². The number of carbonyl (C=O) groups excluding carboxylic acids is 4. The summed E-state index contributed by atoms with van der Waals surface area (Å²) >= 11 is 16.8. The highest BCUT2D eigenvalue weighted by Crippen LogP contribution is 2.33. The number of hydrogen-bond donors (Lipinski definition) is 1. The first-order valence-corrected chi connectivity index (χ1v) is 9.48. The molecule has 30 heavy (non-hydrogen) atoms. The van der Waals surface area contributed by atoms with Gasteiger partial charge in [0.2, 0.25) is 18.3 Å². The van der Waals surface area contributed by atoms with Crippen molar-refractivity contribution in [2.24, 2.45) is 0 Å². The molecule has 0 radical (unpaired) electrons. The van der Waals surface area contributed by atoms with Crippen LogP contribution in [0.2, 0.25) is 0 Å². The van der Waals surface area contributed by atoms with E-state index in [2.05, 4.69) is 0 Å². The Morgan fingerprint density at radius 3 is 1.70 bits per heavy atom. The molecule has 11 nitrogen and oxygen atoms in total. The monoisotopic (exact) mass is 491 g/mol. The molecule has 14 heteroatoms. The van der Waals surface area contributed by atoms with Gasteiger partial charge < -0.3 is 28.4 Å². The fourth-order valence-electron chi connectivity index (χ4n) is 2.47. The summed E-state index contributed by atoms with van der Waals surface area (Å²) < 4.78 is 28.9. The maximum Gasteiger partial charge on any atom is 0.303 e. The highest BCUT2D eigenvalue weighted by Gasteiger charge is 2.54. The van der Waals surface area contributed by atoms with Gasteiger partial charge in [0.15, 0.2) is 12.2 Å². The molecule has 1 rings (SSSR count). The summed E-state index contributed by atoms with van der Waals surface area (Å²) in [5, 5.41) is 7.74. The normalized spacial score (nSPS) is 26.2. The molecule has 0 amide bonds. The molecule has 1 aliphatic heterocycles. The molecule has 0 aromatic heterocycles. The van der Waals surface area contributed by atoms with Crippen molar-refractivity contribution in [2.45, 2.75) is 62.2 Å². The number of nitrogens with one attached hydrogen (secondary N) is 1. The van der Waals surface area contributed by atoms with E-state index in [0.29, 0.717) is 0 Å². The number of esters is 4. The summed E-state index contributed by atoms with van der Waals surface area (Å²) in [6.45, 7) is 3.86. The second-order valence-corrected chi connectivity index (χ2v) is 8.29. The molecule has 1 heterocycles. The van der Waals surface area contributed by atoms with Gasteiger partial charge in [-0.2, -0.15) is 0 Å². The van der Waals surface area contributed by atoms with Crippen molar-refractivity contribution >= 4 is 64.6 Å². The van der Waals surface area contributed by atoms with Crippen LogP contribution in [0.1, 0.15) is 27.7 Å². The Kier molecular flexibility index (Phi) is 9.60. The molecular formula is C16H20Cl3NO10. The van der Waals surface area contributed by atoms with Crippen LogP contribution in [0.4, 0.5) is 0 Å². The van der Waals surface area contributed by atoms with Crippen LogP contribution in [0.25, 0.3) is 0 Å². The Bertz CT molecular complexity index is 695. The van der Waals surface area contributed by atoms with Crippen LogP contribution in [-0.4, -0.2) is 70.9 Å². The lowest BCUT2D eigenvalue weighted by atomic mass is 9.98. The molecule has 5 atom stereocenters. The minimum Gasteiger partial charge on any atom is -0.463 e. The van der Waals surface area contributed by atoms with Crippen molar-refractivity contribution in [1.82, 2.24) is 0 Å². The van der Waals surface area contributed by atoms with Crippen LogP contribution in [0.5, 0.6) is 0 Å². The molecule has 0 unspecified atom stereocenters. The van der Waals surface area contributed by atoms with Crippen molar-refractivity contribution < 1.29 is 47.6 Å². The van der Waals surface area contributed by atoms with Crippen molar-refractivity contribution in [2.75, 3.05) is 6.61 Å². The van der Waals surface area contributed by atoms with E-state index in [0.717, 1.165) is 27.7 Å². The van der Waals surface area contributed by atoms with Crippen molar-refractivity contribution in [3.8, 4) is 0 Å². The Morgan fingerprint density at radius 1 is 0.800 bits per heavy atom. The number of hydrogen-bond acceptors (Lipinski definition) is 11. The second-order valence-electron chi connectivity index (χ2n) is 6.01. The second kappa shape index (κ2) is 11.0. The third-order valence-electron chi connectivity index (χ3n) is 3.44. The number of alkyl halides is 3. The summed E-state index contributed by atoms with van der Waals surface area (Å²) in [4.78, 5) is 46.1. The van der Waals surface area contributed by atoms with Gasteiger partial charge >= 0.3 is 23.9 Å². The van der Waals surface area contributed by atoms with Crippen LogP contribution < -0.4 is 0 Å². The molecule has 0 saturated carbocycles. The SMILES string of the molecule is CC(=O)OC[C@H]1O[C@@H](OC(=N)C(Cl)(Cl)Cl)[C@@H](OC(C)=O)[C@@H](OC(C)=O)[C@@H]1OC(C)=O. The lowest BCUT2D eigenvalue weighted by molar-refractivity contribution is -0.292. The zero-order valence-electron chi connectivity index (χ0n) is 16.3. The van der Waals surface area contributed by atoms with Crippen LogP contribution >= 0.6 is 34.8 Å². The maximum atomic E-state index is 11.7. The lowest BCUT2D eigenvalue weighted by Gasteiger charge is -2.44. The summed E-state index contributed by atoms with van der Waals surface area (Å²) in [7, 11) is 0. The highest BCUT2D eigenvalue weighted by atomic mass is 35.6. The molecular weight excluding hydrogens is 473 g/mol. The maximum absolute atomic E-state index is 11.7. The first-order valence-electron chi connectivity index (χ1n) is 8.35. The van der Waals surface area contributed by atoms with Crippen LogP contribution in [0.3, 0.4) is 0 Å². The molecule has 0 bridgehead atoms. The summed E-state index contributed by atoms with van der Waals surface area (Å²) in [6.07, 6.45) is -7.25. The topological polar surface area (TPSA) is 148 Å². The average molecular weight is 493 g/mol. The van der Waals surface area contributed by atoms with Crippen LogP contribution in [-0.2, 0) is 47.6 Å². The van der Waals surface area contributed by atoms with E-state index in [1.54, 1.807) is 0 Å². The third-order valence-corrected chi connectivity index (χ3v) is 3.95. The molecule has 1 fully saturated rings. The molecule has 0 aromatic rings. The smallest absolute Gasteiger partial charge is 0.303 e. The van der Waals surface area contributed by atoms with Crippen molar-refractivity contribution in [1.29, 1.82) is 5.41 Å². The number of halogens is 3. The Hall–Kier alpha value is -1.82. The fourth-order valence-corrected chi connectivity index (χ4v) is 2.60. The van der Waals surface area contributed by atoms with Gasteiger partial charge in [0, 0.05) is 27.7 Å². The van der Waals surface area contributed by atoms with Crippen molar-refractivity contribution in [3.05, 3.63) is 0 Å². The molecule has 1 N–H and O–H groups in total. The van der Waals surface area contributed by atoms with Gasteiger partial charge in [-0.25, -0.2) is 0 Å². The zero-order valence-corrected chi connectivity index (χ0v) is 18.6. The van der Waals surface area contributed by atoms with Crippen LogP contribution in [0.15, 0.2) is 0 Å². The minimum absolute atomic E-state index is 0.460. The van der Waals surface area contributed by atoms with E-state index in [1.807, 2.05) is 0 Å². The molecule has 170 valence electrons. The van der Waals surface area contributed by atoms with E-state index in [9.17, 15) is 19.2 Å². The summed E-state index contributed by atoms with van der Waals surface area (Å²) in [5.74, 6) is -4.03. The Morgan fingerprint density at radius 2 is 1.27 bits per heavy atom. The zero-order chi connectivity index (χ0) is 23.2. The van der Waals surface area contributed by atoms with Gasteiger partial charge in [0.1, 0.15) is 12.7 Å². The Balaban J connectivity index is 3.37. The largest absolute Gasteiger partial charge is 0.463 e. The summed E-state index contributed by atoms with van der Waals surface area (Å²) in [5.41, 5.74) is 0. The van der Waals surface area contributed by atoms with Gasteiger partial charge in [-0.05, 0) is 0 Å². The molecule has 1 saturated heterocycles. The third kappa shape index (κ3) is 8.13. The van der Waals surface area contributed by atoms with Gasteiger partial charge in [-0.1, -0.05) is 34.8 Å². The van der Waals surface area contributed by atoms with Gasteiger partial charge in [0.25, 0.3) is 3.79 Å². The first-order chi connectivity index (χ1) is 13.7. The fraction of sp³-hybridized carbons (Fsp3) is 0.688. The standard InChI is InChI=1S/C16H20Cl3NO10/c1-6(21)25-5-10-11(26-7(2)22)12(27-8(3)23)13(28-9(4)24)14(29-10)30-15(20)16(17,18)19/h10-14,20H,5H2,1-4H3/t10-,11-,12+,13+,14+/m1/s1. The Labute approximate surface area is 186 Å². The number of carbonyl (C=O) groups is 4. The van der Waals surface area contributed by atoms with Crippen LogP contribution in [0, 0.1) is 5.41 Å². The predicted octanol–water partition coefficient (Wildman–Crippen LogP) is 1.43. The van der Waals surface area contributed by atoms with E-state index >= 15 is 0 Å².